The van der Waals surface area contributed by atoms with Crippen molar-refractivity contribution >= 4 is 5.91 Å². The first-order valence-electron chi connectivity index (χ1n) is 6.33. The first-order valence-corrected chi connectivity index (χ1v) is 6.33. The van der Waals surface area contributed by atoms with Gasteiger partial charge < -0.3 is 4.74 Å². The van der Waals surface area contributed by atoms with E-state index in [2.05, 4.69) is 10.4 Å². The van der Waals surface area contributed by atoms with Gasteiger partial charge in [-0.25, -0.2) is 5.84 Å². The number of hydrogen-bond acceptors (Lipinski definition) is 4. The monoisotopic (exact) mass is 249 g/mol. The highest BCUT2D eigenvalue weighted by molar-refractivity contribution is 5.93. The van der Waals surface area contributed by atoms with Crippen LogP contribution in [0.3, 0.4) is 0 Å². The summed E-state index contributed by atoms with van der Waals surface area (Å²) in [5.74, 6) is 5.42. The van der Waals surface area contributed by atoms with E-state index in [4.69, 9.17) is 10.6 Å². The molecule has 0 aromatic carbocycles. The van der Waals surface area contributed by atoms with E-state index in [9.17, 15) is 4.79 Å². The zero-order valence-electron chi connectivity index (χ0n) is 10.4. The fraction of sp³-hybridized carbons (Fsp3) is 0.538. The predicted octanol–water partition coefficient (Wildman–Crippen LogP) is 1.39. The molecule has 1 fully saturated rings. The number of amides is 1. The maximum absolute atomic E-state index is 11.2. The Kier molecular flexibility index (Phi) is 4.66. The highest BCUT2D eigenvalue weighted by atomic mass is 16.5. The van der Waals surface area contributed by atoms with Gasteiger partial charge in [-0.05, 0) is 30.9 Å². The van der Waals surface area contributed by atoms with Crippen molar-refractivity contribution in [1.82, 2.24) is 10.4 Å². The Balaban J connectivity index is 1.77. The summed E-state index contributed by atoms with van der Waals surface area (Å²) in [6.45, 7) is 1.31. The van der Waals surface area contributed by atoms with E-state index in [-0.39, 0.29) is 5.91 Å². The molecule has 1 saturated carbocycles. The number of hydrazine groups is 1. The van der Waals surface area contributed by atoms with Gasteiger partial charge in [-0.15, -0.1) is 0 Å². The lowest BCUT2D eigenvalue weighted by Gasteiger charge is -2.09. The molecule has 5 heteroatoms. The van der Waals surface area contributed by atoms with E-state index in [1.807, 2.05) is 0 Å². The maximum Gasteiger partial charge on any atom is 0.266 e. The van der Waals surface area contributed by atoms with Crippen molar-refractivity contribution in [2.75, 3.05) is 6.61 Å². The second-order valence-electron chi connectivity index (χ2n) is 4.68. The molecule has 0 aliphatic heterocycles. The second-order valence-corrected chi connectivity index (χ2v) is 4.68. The van der Waals surface area contributed by atoms with Crippen LogP contribution in [-0.4, -0.2) is 17.5 Å². The molecule has 1 aliphatic carbocycles. The van der Waals surface area contributed by atoms with Crippen molar-refractivity contribution in [3.05, 3.63) is 29.6 Å². The Morgan fingerprint density at radius 2 is 2.22 bits per heavy atom. The molecule has 18 heavy (non-hydrogen) atoms. The van der Waals surface area contributed by atoms with Crippen molar-refractivity contribution in [3.8, 4) is 0 Å². The number of rotatable bonds is 5. The standard InChI is InChI=1S/C13H19N3O2/c14-16-13(17)11-5-6-12(15-7-11)9-18-8-10-3-1-2-4-10/h5-7,10H,1-4,8-9,14H2,(H,16,17). The van der Waals surface area contributed by atoms with E-state index >= 15 is 0 Å². The smallest absolute Gasteiger partial charge is 0.266 e. The van der Waals surface area contributed by atoms with Gasteiger partial charge in [0.15, 0.2) is 0 Å². The van der Waals surface area contributed by atoms with E-state index in [0.29, 0.717) is 18.1 Å². The number of nitrogens with one attached hydrogen (secondary N) is 1. The van der Waals surface area contributed by atoms with Gasteiger partial charge in [0.25, 0.3) is 5.91 Å². The maximum atomic E-state index is 11.2. The Hall–Kier alpha value is -1.46. The minimum Gasteiger partial charge on any atom is -0.375 e. The molecule has 0 bridgehead atoms. The number of aromatic nitrogens is 1. The number of nitrogens with two attached hydrogens (primary N) is 1. The molecule has 98 valence electrons. The largest absolute Gasteiger partial charge is 0.375 e. The lowest BCUT2D eigenvalue weighted by atomic mass is 10.1. The molecular weight excluding hydrogens is 230 g/mol. The number of carbonyl (C=O) groups is 1. The van der Waals surface area contributed by atoms with Crippen molar-refractivity contribution in [1.29, 1.82) is 0 Å². The Morgan fingerprint density at radius 3 is 2.83 bits per heavy atom. The van der Waals surface area contributed by atoms with Crippen LogP contribution in [0.1, 0.15) is 41.7 Å². The summed E-state index contributed by atoms with van der Waals surface area (Å²) in [5, 5.41) is 0. The highest BCUT2D eigenvalue weighted by Crippen LogP contribution is 2.24. The van der Waals surface area contributed by atoms with Crippen molar-refractivity contribution in [3.63, 3.8) is 0 Å². The van der Waals surface area contributed by atoms with E-state index in [0.717, 1.165) is 12.3 Å². The number of nitrogens with zero attached hydrogens (tertiary/aromatic N) is 1. The fourth-order valence-corrected chi connectivity index (χ4v) is 2.23. The van der Waals surface area contributed by atoms with Crippen molar-refractivity contribution < 1.29 is 9.53 Å². The molecule has 1 aliphatic rings. The number of nitrogen functional groups attached to an aromatic ring is 1. The third-order valence-electron chi connectivity index (χ3n) is 3.30. The van der Waals surface area contributed by atoms with Gasteiger partial charge in [0.2, 0.25) is 0 Å². The minimum absolute atomic E-state index is 0.332. The number of carbonyl (C=O) groups excluding carboxylic acids is 1. The summed E-state index contributed by atoms with van der Waals surface area (Å²) in [6, 6.07) is 3.49. The van der Waals surface area contributed by atoms with Crippen LogP contribution in [0.25, 0.3) is 0 Å². The molecule has 0 radical (unpaired) electrons. The highest BCUT2D eigenvalue weighted by Gasteiger charge is 2.14. The fourth-order valence-electron chi connectivity index (χ4n) is 2.23. The SMILES string of the molecule is NNC(=O)c1ccc(COCC2CCCC2)nc1. The van der Waals surface area contributed by atoms with Crippen molar-refractivity contribution in [2.24, 2.45) is 11.8 Å². The molecule has 1 heterocycles. The Morgan fingerprint density at radius 1 is 1.44 bits per heavy atom. The Bertz CT molecular complexity index is 386. The van der Waals surface area contributed by atoms with Gasteiger partial charge in [0.05, 0.1) is 17.9 Å². The topological polar surface area (TPSA) is 77.2 Å². The predicted molar refractivity (Wildman–Crippen MR) is 67.5 cm³/mol. The third kappa shape index (κ3) is 3.51. The van der Waals surface area contributed by atoms with E-state index in [1.54, 1.807) is 12.1 Å². The molecule has 3 N–H and O–H groups in total. The first-order chi connectivity index (χ1) is 8.79. The van der Waals surface area contributed by atoms with Gasteiger partial charge in [-0.2, -0.15) is 0 Å². The number of hydrogen-bond donors (Lipinski definition) is 2. The summed E-state index contributed by atoms with van der Waals surface area (Å²) < 4.78 is 5.64. The summed E-state index contributed by atoms with van der Waals surface area (Å²) >= 11 is 0. The zero-order valence-corrected chi connectivity index (χ0v) is 10.4. The lowest BCUT2D eigenvalue weighted by molar-refractivity contribution is 0.0865. The third-order valence-corrected chi connectivity index (χ3v) is 3.30. The summed E-state index contributed by atoms with van der Waals surface area (Å²) in [5.41, 5.74) is 3.36. The van der Waals surface area contributed by atoms with E-state index < -0.39 is 0 Å². The molecule has 1 amide bonds. The van der Waals surface area contributed by atoms with Crippen LogP contribution >= 0.6 is 0 Å². The Labute approximate surface area is 107 Å². The van der Waals surface area contributed by atoms with Gasteiger partial charge in [0, 0.05) is 12.8 Å². The molecule has 2 rings (SSSR count). The van der Waals surface area contributed by atoms with Crippen LogP contribution in [-0.2, 0) is 11.3 Å². The zero-order chi connectivity index (χ0) is 12.8. The van der Waals surface area contributed by atoms with Crippen LogP contribution in [0.4, 0.5) is 0 Å². The first kappa shape index (κ1) is 13.0. The number of pyridine rings is 1. The summed E-state index contributed by atoms with van der Waals surface area (Å²) in [6.07, 6.45) is 6.73. The van der Waals surface area contributed by atoms with E-state index in [1.165, 1.54) is 31.9 Å². The van der Waals surface area contributed by atoms with Gasteiger partial charge >= 0.3 is 0 Å². The van der Waals surface area contributed by atoms with Crippen molar-refractivity contribution in [2.45, 2.75) is 32.3 Å². The van der Waals surface area contributed by atoms with Crippen LogP contribution in [0, 0.1) is 5.92 Å². The van der Waals surface area contributed by atoms with Crippen LogP contribution < -0.4 is 11.3 Å². The van der Waals surface area contributed by atoms with Crippen LogP contribution in [0.5, 0.6) is 0 Å². The molecule has 5 nitrogen and oxygen atoms in total. The lowest BCUT2D eigenvalue weighted by Crippen LogP contribution is -2.30. The number of ether oxygens (including phenoxy) is 1. The minimum atomic E-state index is -0.332. The molecule has 0 saturated heterocycles. The molecule has 0 unspecified atom stereocenters. The van der Waals surface area contributed by atoms with Crippen LogP contribution in [0.15, 0.2) is 18.3 Å². The molecule has 1 aromatic heterocycles. The molecule has 1 aromatic rings. The van der Waals surface area contributed by atoms with Gasteiger partial charge in [0.1, 0.15) is 0 Å². The molecule has 0 atom stereocenters. The van der Waals surface area contributed by atoms with Gasteiger partial charge in [-0.3, -0.25) is 15.2 Å². The second kappa shape index (κ2) is 6.47. The van der Waals surface area contributed by atoms with Gasteiger partial charge in [-0.1, -0.05) is 12.8 Å². The molecular formula is C13H19N3O2. The quantitative estimate of drug-likeness (QED) is 0.469. The average Bonchev–Trinajstić information content (AvgIpc) is 2.92. The summed E-state index contributed by atoms with van der Waals surface area (Å²) in [7, 11) is 0. The van der Waals surface area contributed by atoms with Crippen LogP contribution in [0.2, 0.25) is 0 Å². The average molecular weight is 249 g/mol. The normalized spacial score (nSPS) is 15.8. The summed E-state index contributed by atoms with van der Waals surface area (Å²) in [4.78, 5) is 15.4. The molecule has 0 spiro atoms.